The highest BCUT2D eigenvalue weighted by molar-refractivity contribution is 7.89. The zero-order valence-electron chi connectivity index (χ0n) is 14.8. The summed E-state index contributed by atoms with van der Waals surface area (Å²) in [5, 5.41) is 8.87. The average Bonchev–Trinajstić information content (AvgIpc) is 3.44. The van der Waals surface area contributed by atoms with Crippen LogP contribution in [0, 0.1) is 18.3 Å². The molecule has 0 atom stereocenters. The number of nitriles is 1. The molecule has 0 unspecified atom stereocenters. The minimum absolute atomic E-state index is 0.257. The largest absolute Gasteiger partial charge is 0.329 e. The van der Waals surface area contributed by atoms with E-state index in [-0.39, 0.29) is 4.90 Å². The number of aromatic nitrogens is 2. The number of piperidine rings is 1. The Morgan fingerprint density at radius 2 is 1.77 bits per heavy atom. The lowest BCUT2D eigenvalue weighted by molar-refractivity contribution is 0.268. The van der Waals surface area contributed by atoms with Crippen LogP contribution in [0.15, 0.2) is 35.4 Å². The zero-order chi connectivity index (χ0) is 18.3. The monoisotopic (exact) mass is 370 g/mol. The van der Waals surface area contributed by atoms with Crippen molar-refractivity contribution in [2.45, 2.75) is 49.5 Å². The summed E-state index contributed by atoms with van der Waals surface area (Å²) in [6.45, 7) is 3.10. The molecule has 1 aliphatic heterocycles. The summed E-state index contributed by atoms with van der Waals surface area (Å²) in [4.78, 5) is 4.85. The molecule has 4 rings (SSSR count). The van der Waals surface area contributed by atoms with Gasteiger partial charge in [0.2, 0.25) is 10.0 Å². The van der Waals surface area contributed by atoms with Gasteiger partial charge in [-0.1, -0.05) is 0 Å². The Kier molecular flexibility index (Phi) is 4.33. The van der Waals surface area contributed by atoms with Crippen LogP contribution >= 0.6 is 0 Å². The van der Waals surface area contributed by atoms with Crippen LogP contribution in [0.5, 0.6) is 0 Å². The standard InChI is InChI=1S/C19H22N4O2S/c1-14-13-21-19(16-4-5-16)23(14)17-8-10-22(11-9-17)26(24,25)18-6-2-15(12-20)3-7-18/h2-3,6-7,13,16-17H,4-5,8-11H2,1H3. The van der Waals surface area contributed by atoms with Crippen molar-refractivity contribution in [2.24, 2.45) is 0 Å². The molecule has 6 nitrogen and oxygen atoms in total. The molecule has 7 heteroatoms. The van der Waals surface area contributed by atoms with E-state index < -0.39 is 10.0 Å². The maximum absolute atomic E-state index is 12.9. The first-order valence-electron chi connectivity index (χ1n) is 9.05. The molecule has 0 bridgehead atoms. The molecule has 0 amide bonds. The van der Waals surface area contributed by atoms with Crippen LogP contribution in [0.2, 0.25) is 0 Å². The smallest absolute Gasteiger partial charge is 0.243 e. The van der Waals surface area contributed by atoms with Gasteiger partial charge in [-0.25, -0.2) is 13.4 Å². The first-order chi connectivity index (χ1) is 12.5. The van der Waals surface area contributed by atoms with Crippen LogP contribution in [-0.4, -0.2) is 35.4 Å². The predicted molar refractivity (Wildman–Crippen MR) is 97.1 cm³/mol. The minimum atomic E-state index is -3.50. The topological polar surface area (TPSA) is 79.0 Å². The summed E-state index contributed by atoms with van der Waals surface area (Å²) in [6, 6.07) is 8.48. The summed E-state index contributed by atoms with van der Waals surface area (Å²) in [6.07, 6.45) is 5.96. The van der Waals surface area contributed by atoms with E-state index in [0.717, 1.165) is 12.8 Å². The van der Waals surface area contributed by atoms with Crippen LogP contribution < -0.4 is 0 Å². The number of benzene rings is 1. The highest BCUT2D eigenvalue weighted by Gasteiger charge is 2.34. The normalized spacial score (nSPS) is 19.4. The van der Waals surface area contributed by atoms with Crippen LogP contribution in [-0.2, 0) is 10.0 Å². The van der Waals surface area contributed by atoms with Crippen LogP contribution in [0.4, 0.5) is 0 Å². The second kappa shape index (κ2) is 6.53. The Labute approximate surface area is 154 Å². The third kappa shape index (κ3) is 3.04. The van der Waals surface area contributed by atoms with E-state index in [2.05, 4.69) is 16.5 Å². The van der Waals surface area contributed by atoms with E-state index in [1.165, 1.54) is 36.5 Å². The van der Waals surface area contributed by atoms with E-state index in [0.29, 0.717) is 30.6 Å². The van der Waals surface area contributed by atoms with E-state index in [1.807, 2.05) is 12.3 Å². The zero-order valence-corrected chi connectivity index (χ0v) is 15.6. The molecule has 0 spiro atoms. The molecule has 2 fully saturated rings. The van der Waals surface area contributed by atoms with Gasteiger partial charge in [0, 0.05) is 36.9 Å². The maximum Gasteiger partial charge on any atom is 0.243 e. The molecule has 1 saturated carbocycles. The Morgan fingerprint density at radius 1 is 1.12 bits per heavy atom. The molecular formula is C19H22N4O2S. The fourth-order valence-electron chi connectivity index (χ4n) is 3.77. The minimum Gasteiger partial charge on any atom is -0.329 e. The van der Waals surface area contributed by atoms with Crippen LogP contribution in [0.25, 0.3) is 0 Å². The maximum atomic E-state index is 12.9. The fourth-order valence-corrected chi connectivity index (χ4v) is 5.24. The van der Waals surface area contributed by atoms with Gasteiger partial charge in [-0.2, -0.15) is 9.57 Å². The van der Waals surface area contributed by atoms with Crippen molar-refractivity contribution in [1.29, 1.82) is 5.26 Å². The molecule has 136 valence electrons. The molecular weight excluding hydrogens is 348 g/mol. The molecule has 0 N–H and O–H groups in total. The van der Waals surface area contributed by atoms with Crippen molar-refractivity contribution in [3.05, 3.63) is 47.5 Å². The summed E-state index contributed by atoms with van der Waals surface area (Å²) in [5.41, 5.74) is 1.63. The van der Waals surface area contributed by atoms with Gasteiger partial charge < -0.3 is 4.57 Å². The summed E-state index contributed by atoms with van der Waals surface area (Å²) >= 11 is 0. The van der Waals surface area contributed by atoms with Gasteiger partial charge >= 0.3 is 0 Å². The van der Waals surface area contributed by atoms with Gasteiger partial charge in [-0.15, -0.1) is 0 Å². The summed E-state index contributed by atoms with van der Waals surface area (Å²) in [7, 11) is -3.50. The number of hydrogen-bond acceptors (Lipinski definition) is 4. The summed E-state index contributed by atoms with van der Waals surface area (Å²) in [5.74, 6) is 1.76. The van der Waals surface area contributed by atoms with Gasteiger partial charge in [-0.3, -0.25) is 0 Å². The van der Waals surface area contributed by atoms with Gasteiger partial charge in [0.25, 0.3) is 0 Å². The first kappa shape index (κ1) is 17.3. The number of hydrogen-bond donors (Lipinski definition) is 0. The van der Waals surface area contributed by atoms with E-state index in [1.54, 1.807) is 16.4 Å². The van der Waals surface area contributed by atoms with Gasteiger partial charge in [0.15, 0.2) is 0 Å². The van der Waals surface area contributed by atoms with Crippen molar-refractivity contribution >= 4 is 10.0 Å². The molecule has 2 heterocycles. The van der Waals surface area contributed by atoms with Crippen molar-refractivity contribution < 1.29 is 8.42 Å². The third-order valence-corrected chi connectivity index (χ3v) is 7.28. The molecule has 1 aromatic heterocycles. The van der Waals surface area contributed by atoms with E-state index in [9.17, 15) is 8.42 Å². The number of aryl methyl sites for hydroxylation is 1. The van der Waals surface area contributed by atoms with E-state index in [4.69, 9.17) is 5.26 Å². The number of rotatable bonds is 4. The lowest BCUT2D eigenvalue weighted by atomic mass is 10.1. The second-order valence-corrected chi connectivity index (χ2v) is 9.11. The van der Waals surface area contributed by atoms with Crippen molar-refractivity contribution in [3.63, 3.8) is 0 Å². The van der Waals surface area contributed by atoms with Gasteiger partial charge in [-0.05, 0) is 56.9 Å². The van der Waals surface area contributed by atoms with Gasteiger partial charge in [0.1, 0.15) is 5.82 Å². The number of sulfonamides is 1. The highest BCUT2D eigenvalue weighted by atomic mass is 32.2. The Morgan fingerprint density at radius 3 is 2.35 bits per heavy atom. The molecule has 1 aromatic carbocycles. The second-order valence-electron chi connectivity index (χ2n) is 7.17. The summed E-state index contributed by atoms with van der Waals surface area (Å²) < 4.78 is 29.6. The molecule has 1 saturated heterocycles. The average molecular weight is 370 g/mol. The van der Waals surface area contributed by atoms with Crippen LogP contribution in [0.3, 0.4) is 0 Å². The molecule has 1 aliphatic carbocycles. The number of imidazole rings is 1. The van der Waals surface area contributed by atoms with Crippen molar-refractivity contribution in [1.82, 2.24) is 13.9 Å². The van der Waals surface area contributed by atoms with Crippen molar-refractivity contribution in [2.75, 3.05) is 13.1 Å². The molecule has 0 radical (unpaired) electrons. The highest BCUT2D eigenvalue weighted by Crippen LogP contribution is 2.41. The molecule has 2 aromatic rings. The molecule has 2 aliphatic rings. The quantitative estimate of drug-likeness (QED) is 0.829. The lowest BCUT2D eigenvalue weighted by Crippen LogP contribution is -2.39. The fraction of sp³-hybridized carbons (Fsp3) is 0.474. The third-order valence-electron chi connectivity index (χ3n) is 5.36. The SMILES string of the molecule is Cc1cnc(C2CC2)n1C1CCN(S(=O)(=O)c2ccc(C#N)cc2)CC1. The Bertz CT molecular complexity index is 944. The predicted octanol–water partition coefficient (Wildman–Crippen LogP) is 2.97. The first-order valence-corrected chi connectivity index (χ1v) is 10.5. The number of nitrogens with zero attached hydrogens (tertiary/aromatic N) is 4. The lowest BCUT2D eigenvalue weighted by Gasteiger charge is -2.33. The van der Waals surface area contributed by atoms with Crippen LogP contribution in [0.1, 0.15) is 54.7 Å². The van der Waals surface area contributed by atoms with Crippen molar-refractivity contribution in [3.8, 4) is 6.07 Å². The molecule has 26 heavy (non-hydrogen) atoms. The Balaban J connectivity index is 1.49. The van der Waals surface area contributed by atoms with E-state index >= 15 is 0 Å². The Hall–Kier alpha value is -2.17. The van der Waals surface area contributed by atoms with Gasteiger partial charge in [0.05, 0.1) is 16.5 Å².